The minimum Gasteiger partial charge on any atom is -0.494 e. The lowest BCUT2D eigenvalue weighted by Crippen LogP contribution is -2.25. The molecule has 0 bridgehead atoms. The fraction of sp³-hybridized carbons (Fsp3) is 0.250. The van der Waals surface area contributed by atoms with Gasteiger partial charge in [-0.05, 0) is 42.8 Å². The summed E-state index contributed by atoms with van der Waals surface area (Å²) in [6.07, 6.45) is 0.255. The first kappa shape index (κ1) is 18.4. The van der Waals surface area contributed by atoms with Crippen LogP contribution in [-0.2, 0) is 4.79 Å². The Balaban J connectivity index is 1.57. The molecule has 2 heterocycles. The van der Waals surface area contributed by atoms with Gasteiger partial charge in [-0.3, -0.25) is 4.79 Å². The molecule has 1 unspecified atom stereocenters. The van der Waals surface area contributed by atoms with Crippen molar-refractivity contribution in [2.45, 2.75) is 19.3 Å². The molecule has 0 N–H and O–H groups in total. The van der Waals surface area contributed by atoms with E-state index in [1.807, 2.05) is 13.0 Å². The number of amides is 1. The van der Waals surface area contributed by atoms with Crippen molar-refractivity contribution in [1.29, 1.82) is 0 Å². The van der Waals surface area contributed by atoms with Crippen LogP contribution in [-0.4, -0.2) is 29.7 Å². The van der Waals surface area contributed by atoms with Crippen LogP contribution in [0.25, 0.3) is 11.4 Å². The van der Waals surface area contributed by atoms with Gasteiger partial charge in [-0.1, -0.05) is 22.8 Å². The highest BCUT2D eigenvalue weighted by Gasteiger charge is 2.35. The Labute approximate surface area is 165 Å². The monoisotopic (exact) mass is 401 g/mol. The molecular formula is C20H17ClFN3O3. The maximum atomic E-state index is 13.9. The number of benzene rings is 2. The van der Waals surface area contributed by atoms with E-state index in [0.717, 1.165) is 11.3 Å². The van der Waals surface area contributed by atoms with Crippen LogP contribution in [0.2, 0.25) is 5.02 Å². The van der Waals surface area contributed by atoms with E-state index in [4.69, 9.17) is 20.9 Å². The number of ether oxygens (including phenoxy) is 1. The number of aryl methyl sites for hydroxylation is 1. The van der Waals surface area contributed by atoms with Crippen molar-refractivity contribution in [3.05, 3.63) is 58.7 Å². The molecule has 0 aliphatic carbocycles. The molecule has 1 amide bonds. The summed E-state index contributed by atoms with van der Waals surface area (Å²) in [4.78, 5) is 18.6. The molecule has 2 aromatic carbocycles. The van der Waals surface area contributed by atoms with Crippen molar-refractivity contribution < 1.29 is 18.4 Å². The van der Waals surface area contributed by atoms with Crippen LogP contribution in [0.1, 0.15) is 23.8 Å². The molecule has 0 saturated carbocycles. The van der Waals surface area contributed by atoms with E-state index in [1.165, 1.54) is 19.2 Å². The summed E-state index contributed by atoms with van der Waals surface area (Å²) < 4.78 is 24.2. The molecule has 1 aromatic heterocycles. The summed E-state index contributed by atoms with van der Waals surface area (Å²) in [5.41, 5.74) is 2.20. The van der Waals surface area contributed by atoms with E-state index in [1.54, 1.807) is 23.1 Å². The maximum absolute atomic E-state index is 13.9. The summed E-state index contributed by atoms with van der Waals surface area (Å²) in [5, 5.41) is 4.51. The summed E-state index contributed by atoms with van der Waals surface area (Å²) in [6.45, 7) is 2.34. The molecule has 8 heteroatoms. The third-order valence-corrected chi connectivity index (χ3v) is 5.02. The van der Waals surface area contributed by atoms with Crippen LogP contribution < -0.4 is 9.64 Å². The van der Waals surface area contributed by atoms with Gasteiger partial charge in [0, 0.05) is 29.2 Å². The summed E-state index contributed by atoms with van der Waals surface area (Å²) in [6, 6.07) is 9.88. The van der Waals surface area contributed by atoms with E-state index < -0.39 is 5.82 Å². The highest BCUT2D eigenvalue weighted by molar-refractivity contribution is 6.31. The van der Waals surface area contributed by atoms with Crippen LogP contribution in [0.15, 0.2) is 40.9 Å². The smallest absolute Gasteiger partial charge is 0.232 e. The quantitative estimate of drug-likeness (QED) is 0.649. The van der Waals surface area contributed by atoms with E-state index in [9.17, 15) is 9.18 Å². The maximum Gasteiger partial charge on any atom is 0.232 e. The molecule has 1 aliphatic rings. The number of hydrogen-bond donors (Lipinski definition) is 0. The second kappa shape index (κ2) is 7.24. The summed E-state index contributed by atoms with van der Waals surface area (Å²) >= 11 is 6.08. The normalized spacial score (nSPS) is 16.6. The zero-order valence-corrected chi connectivity index (χ0v) is 16.0. The Morgan fingerprint density at radius 1 is 1.29 bits per heavy atom. The lowest BCUT2D eigenvalue weighted by molar-refractivity contribution is -0.117. The number of halogens is 2. The first-order chi connectivity index (χ1) is 13.5. The predicted molar refractivity (Wildman–Crippen MR) is 102 cm³/mol. The summed E-state index contributed by atoms with van der Waals surface area (Å²) in [5.74, 6) is -0.0321. The van der Waals surface area contributed by atoms with Crippen molar-refractivity contribution in [2.24, 2.45) is 0 Å². The van der Waals surface area contributed by atoms with Crippen LogP contribution in [0.3, 0.4) is 0 Å². The van der Waals surface area contributed by atoms with Gasteiger partial charge in [-0.25, -0.2) is 4.39 Å². The van der Waals surface area contributed by atoms with Gasteiger partial charge < -0.3 is 14.2 Å². The second-order valence-corrected chi connectivity index (χ2v) is 7.08. The molecule has 1 saturated heterocycles. The second-order valence-electron chi connectivity index (χ2n) is 6.64. The minimum absolute atomic E-state index is 0.0365. The number of carbonyl (C=O) groups excluding carboxylic acids is 1. The molecule has 0 radical (unpaired) electrons. The van der Waals surface area contributed by atoms with Crippen molar-refractivity contribution in [3.8, 4) is 17.1 Å². The van der Waals surface area contributed by atoms with E-state index in [-0.39, 0.29) is 29.8 Å². The van der Waals surface area contributed by atoms with Gasteiger partial charge in [0.05, 0.1) is 13.0 Å². The van der Waals surface area contributed by atoms with Crippen LogP contribution in [0, 0.1) is 12.7 Å². The zero-order chi connectivity index (χ0) is 19.8. The fourth-order valence-electron chi connectivity index (χ4n) is 3.30. The molecule has 3 aromatic rings. The number of methoxy groups -OCH3 is 1. The molecule has 4 rings (SSSR count). The van der Waals surface area contributed by atoms with Gasteiger partial charge in [-0.15, -0.1) is 0 Å². The van der Waals surface area contributed by atoms with E-state index in [2.05, 4.69) is 10.1 Å². The Bertz CT molecular complexity index is 1050. The largest absolute Gasteiger partial charge is 0.494 e. The molecule has 28 heavy (non-hydrogen) atoms. The Morgan fingerprint density at radius 3 is 2.86 bits per heavy atom. The van der Waals surface area contributed by atoms with Crippen molar-refractivity contribution in [1.82, 2.24) is 10.1 Å². The molecule has 0 spiro atoms. The number of hydrogen-bond acceptors (Lipinski definition) is 5. The molecular weight excluding hydrogens is 385 g/mol. The molecule has 1 fully saturated rings. The first-order valence-corrected chi connectivity index (χ1v) is 9.08. The predicted octanol–water partition coefficient (Wildman–Crippen LogP) is 4.37. The number of aromatic nitrogens is 2. The number of rotatable bonds is 4. The molecule has 6 nitrogen and oxygen atoms in total. The lowest BCUT2D eigenvalue weighted by atomic mass is 10.1. The van der Waals surface area contributed by atoms with Crippen molar-refractivity contribution in [2.75, 3.05) is 18.6 Å². The van der Waals surface area contributed by atoms with Crippen LogP contribution in [0.4, 0.5) is 10.1 Å². The average molecular weight is 402 g/mol. The fourth-order valence-corrected chi connectivity index (χ4v) is 3.47. The topological polar surface area (TPSA) is 68.5 Å². The SMILES string of the molecule is COc1ccc(-c2noc(C3CC(=O)N(c4cc(Cl)ccc4C)C3)n2)cc1F. The van der Waals surface area contributed by atoms with Gasteiger partial charge in [0.2, 0.25) is 17.6 Å². The van der Waals surface area contributed by atoms with Crippen LogP contribution >= 0.6 is 11.6 Å². The standard InChI is InChI=1S/C20H17ClFN3O3/c1-11-3-5-14(21)9-16(11)25-10-13(8-18(25)26)20-23-19(24-28-20)12-4-6-17(27-2)15(22)7-12/h3-7,9,13H,8,10H2,1-2H3. The lowest BCUT2D eigenvalue weighted by Gasteiger charge is -2.18. The zero-order valence-electron chi connectivity index (χ0n) is 15.3. The molecule has 1 aliphatic heterocycles. The highest BCUT2D eigenvalue weighted by atomic mass is 35.5. The van der Waals surface area contributed by atoms with Gasteiger partial charge in [0.15, 0.2) is 11.6 Å². The van der Waals surface area contributed by atoms with Gasteiger partial charge in [0.1, 0.15) is 0 Å². The van der Waals surface area contributed by atoms with Crippen LogP contribution in [0.5, 0.6) is 5.75 Å². The molecule has 144 valence electrons. The molecule has 1 atom stereocenters. The first-order valence-electron chi connectivity index (χ1n) is 8.70. The van der Waals surface area contributed by atoms with E-state index in [0.29, 0.717) is 23.0 Å². The highest BCUT2D eigenvalue weighted by Crippen LogP contribution is 2.34. The van der Waals surface area contributed by atoms with Gasteiger partial charge in [0.25, 0.3) is 0 Å². The van der Waals surface area contributed by atoms with E-state index >= 15 is 0 Å². The summed E-state index contributed by atoms with van der Waals surface area (Å²) in [7, 11) is 1.40. The number of carbonyl (C=O) groups is 1. The van der Waals surface area contributed by atoms with Gasteiger partial charge in [-0.2, -0.15) is 4.98 Å². The number of nitrogens with zero attached hydrogens (tertiary/aromatic N) is 3. The average Bonchev–Trinajstić information content (AvgIpc) is 3.30. The Morgan fingerprint density at radius 2 is 2.11 bits per heavy atom. The Hall–Kier alpha value is -2.93. The minimum atomic E-state index is -0.509. The van der Waals surface area contributed by atoms with Crippen molar-refractivity contribution in [3.63, 3.8) is 0 Å². The third-order valence-electron chi connectivity index (χ3n) is 4.79. The Kier molecular flexibility index (Phi) is 4.77. The third kappa shape index (κ3) is 3.33. The van der Waals surface area contributed by atoms with Gasteiger partial charge >= 0.3 is 0 Å². The van der Waals surface area contributed by atoms with Crippen molar-refractivity contribution >= 4 is 23.2 Å². The number of anilines is 1.